The third-order valence-electron chi connectivity index (χ3n) is 24.1. The molecule has 2 heterocycles. The summed E-state index contributed by atoms with van der Waals surface area (Å²) in [4.78, 5) is 66.6. The zero-order valence-electron chi connectivity index (χ0n) is 75.0. The molecule has 700 valence electrons. The number of ether oxygens (including phenoxy) is 8. The third-order valence-corrected chi connectivity index (χ3v) is 25.0. The molecule has 0 radical (unpaired) electrons. The number of rotatable bonds is 77. The third kappa shape index (κ3) is 51.0. The Morgan fingerprint density at radius 1 is 0.353 bits per heavy atom. The Balaban J connectivity index is 1.92. The van der Waals surface area contributed by atoms with Crippen LogP contribution in [0.25, 0.3) is 0 Å². The summed E-state index contributed by atoms with van der Waals surface area (Å²) in [5, 5.41) is 102. The fraction of sp³-hybridized carbons (Fsp3) is 0.935. The van der Waals surface area contributed by atoms with Crippen LogP contribution in [0.5, 0.6) is 0 Å². The van der Waals surface area contributed by atoms with Crippen molar-refractivity contribution in [2.24, 2.45) is 11.8 Å². The van der Waals surface area contributed by atoms with Gasteiger partial charge in [-0.15, -0.1) is 0 Å². The second-order valence-electron chi connectivity index (χ2n) is 35.1. The molecule has 0 aromatic heterocycles. The van der Waals surface area contributed by atoms with E-state index in [4.69, 9.17) is 46.9 Å². The lowest BCUT2D eigenvalue weighted by molar-refractivity contribution is -0.360. The highest BCUT2D eigenvalue weighted by atomic mass is 31.2. The summed E-state index contributed by atoms with van der Waals surface area (Å²) in [7, 11) is -5.81. The van der Waals surface area contributed by atoms with E-state index in [-0.39, 0.29) is 32.1 Å². The molecule has 119 heavy (non-hydrogen) atoms. The Kier molecular flexibility index (Phi) is 65.2. The van der Waals surface area contributed by atoms with E-state index >= 15 is 0 Å². The molecule has 25 nitrogen and oxygen atoms in total. The summed E-state index contributed by atoms with van der Waals surface area (Å²) in [6.45, 7) is 10.3. The molecule has 20 unspecified atom stereocenters. The molecule has 3 fully saturated rings. The van der Waals surface area contributed by atoms with Gasteiger partial charge >= 0.3 is 31.7 Å². The van der Waals surface area contributed by atoms with Crippen molar-refractivity contribution < 1.29 is 122 Å². The minimum Gasteiger partial charge on any atom is -0.463 e. The zero-order chi connectivity index (χ0) is 87.1. The van der Waals surface area contributed by atoms with Crippen LogP contribution in [-0.2, 0) is 70.7 Å². The number of hydrogen-bond acceptors (Lipinski definition) is 24. The number of carbonyl (C=O) groups is 4. The van der Waals surface area contributed by atoms with E-state index in [2.05, 4.69) is 53.7 Å². The topological polar surface area (TPSA) is 380 Å². The molecule has 1 saturated carbocycles. The van der Waals surface area contributed by atoms with Gasteiger partial charge in [0.2, 0.25) is 0 Å². The molecule has 0 amide bonds. The Morgan fingerprint density at radius 2 is 0.681 bits per heavy atom. The quantitative estimate of drug-likeness (QED) is 0.00889. The fourth-order valence-corrected chi connectivity index (χ4v) is 17.2. The van der Waals surface area contributed by atoms with Crippen LogP contribution in [0.15, 0.2) is 12.2 Å². The SMILES string of the molecule is CCCCCCCC/C=C\CCCCCC(=O)OC1C(O)C(O)C(OC2OC(CO)C(O)C(O)C2O)C(OP(=O)(O)OCC(COC(=O)CCCCCCCCCCCCCCCCC)OC(=O)CCCCCCCCC(C)CCCCCCCC)C1OC1OC(COC(=O)CCCCCCCCC(C)CCCCCCCC)C(O)C(O)C1O. The number of aliphatic hydroxyl groups excluding tert-OH is 9. The summed E-state index contributed by atoms with van der Waals surface area (Å²) in [5.74, 6) is -1.62. The van der Waals surface area contributed by atoms with Crippen molar-refractivity contribution in [3.63, 3.8) is 0 Å². The number of allylic oxidation sites excluding steroid dienone is 2. The van der Waals surface area contributed by atoms with Gasteiger partial charge in [-0.05, 0) is 63.2 Å². The van der Waals surface area contributed by atoms with Crippen molar-refractivity contribution in [1.29, 1.82) is 0 Å². The van der Waals surface area contributed by atoms with Gasteiger partial charge in [-0.2, -0.15) is 0 Å². The molecule has 0 bridgehead atoms. The molecule has 3 rings (SSSR count). The van der Waals surface area contributed by atoms with E-state index in [0.717, 1.165) is 122 Å². The van der Waals surface area contributed by atoms with Gasteiger partial charge in [-0.3, -0.25) is 28.2 Å². The monoisotopic (exact) mass is 1720 g/mol. The van der Waals surface area contributed by atoms with Crippen molar-refractivity contribution in [2.75, 3.05) is 26.4 Å². The molecular formula is C93H173O25P. The first kappa shape index (κ1) is 110. The predicted molar refractivity (Wildman–Crippen MR) is 462 cm³/mol. The highest BCUT2D eigenvalue weighted by Crippen LogP contribution is 2.49. The number of hydrogen-bond donors (Lipinski definition) is 10. The number of phosphoric ester groups is 1. The molecule has 1 aliphatic carbocycles. The van der Waals surface area contributed by atoms with Crippen LogP contribution in [0.4, 0.5) is 0 Å². The van der Waals surface area contributed by atoms with Crippen LogP contribution in [-0.4, -0.2) is 205 Å². The van der Waals surface area contributed by atoms with Crippen LogP contribution in [0.2, 0.25) is 0 Å². The summed E-state index contributed by atoms with van der Waals surface area (Å²) >= 11 is 0. The number of esters is 4. The first-order valence-electron chi connectivity index (χ1n) is 48.2. The number of carbonyl (C=O) groups excluding carboxylic acids is 4. The van der Waals surface area contributed by atoms with E-state index < -0.39 is 162 Å². The van der Waals surface area contributed by atoms with Gasteiger partial charge in [0.1, 0.15) is 92.6 Å². The van der Waals surface area contributed by atoms with Crippen LogP contribution >= 0.6 is 7.82 Å². The maximum atomic E-state index is 14.9. The Labute approximate surface area is 718 Å². The van der Waals surface area contributed by atoms with E-state index in [1.807, 2.05) is 0 Å². The molecule has 20 atom stereocenters. The maximum Gasteiger partial charge on any atom is 0.472 e. The number of unbranched alkanes of at least 4 members (excludes halogenated alkanes) is 43. The van der Waals surface area contributed by atoms with Crippen LogP contribution in [0, 0.1) is 11.8 Å². The molecule has 2 aliphatic heterocycles. The van der Waals surface area contributed by atoms with Crippen molar-refractivity contribution in [1.82, 2.24) is 0 Å². The lowest BCUT2D eigenvalue weighted by atomic mass is 9.84. The second kappa shape index (κ2) is 70.3. The highest BCUT2D eigenvalue weighted by Gasteiger charge is 2.60. The van der Waals surface area contributed by atoms with Gasteiger partial charge in [0.15, 0.2) is 24.8 Å². The zero-order valence-corrected chi connectivity index (χ0v) is 75.9. The average molecular weight is 1720 g/mol. The lowest BCUT2D eigenvalue weighted by Gasteiger charge is -2.50. The molecule has 0 aromatic carbocycles. The minimum atomic E-state index is -5.81. The van der Waals surface area contributed by atoms with Gasteiger partial charge in [0.25, 0.3) is 0 Å². The minimum absolute atomic E-state index is 0.0140. The molecule has 0 spiro atoms. The molecule has 26 heteroatoms. The van der Waals surface area contributed by atoms with Crippen molar-refractivity contribution in [3.05, 3.63) is 12.2 Å². The van der Waals surface area contributed by atoms with E-state index in [0.29, 0.717) is 43.9 Å². The number of phosphoric acid groups is 1. The summed E-state index contributed by atoms with van der Waals surface area (Å²) < 4.78 is 73.5. The largest absolute Gasteiger partial charge is 0.472 e. The molecule has 0 aromatic rings. The summed E-state index contributed by atoms with van der Waals surface area (Å²) in [6.07, 6.45) is 26.4. The molecule has 3 aliphatic rings. The Bertz CT molecular complexity index is 2550. The van der Waals surface area contributed by atoms with E-state index in [1.54, 1.807) is 0 Å². The van der Waals surface area contributed by atoms with E-state index in [9.17, 15) is 74.6 Å². The van der Waals surface area contributed by atoms with Crippen LogP contribution in [0.1, 0.15) is 414 Å². The van der Waals surface area contributed by atoms with Gasteiger partial charge in [0.05, 0.1) is 13.2 Å². The van der Waals surface area contributed by atoms with Gasteiger partial charge in [-0.25, -0.2) is 4.57 Å². The van der Waals surface area contributed by atoms with Gasteiger partial charge in [0, 0.05) is 25.7 Å². The van der Waals surface area contributed by atoms with Gasteiger partial charge < -0.3 is 88.7 Å². The van der Waals surface area contributed by atoms with Crippen molar-refractivity contribution in [2.45, 2.75) is 518 Å². The molecule has 10 N–H and O–H groups in total. The first-order chi connectivity index (χ1) is 57.5. The van der Waals surface area contributed by atoms with Crippen molar-refractivity contribution in [3.8, 4) is 0 Å². The van der Waals surface area contributed by atoms with Crippen molar-refractivity contribution >= 4 is 31.7 Å². The lowest BCUT2D eigenvalue weighted by Crippen LogP contribution is -2.70. The fourth-order valence-electron chi connectivity index (χ4n) is 16.2. The normalized spacial score (nSPS) is 25.4. The smallest absolute Gasteiger partial charge is 0.463 e. The second-order valence-corrected chi connectivity index (χ2v) is 36.5. The average Bonchev–Trinajstić information content (AvgIpc) is 0.754. The summed E-state index contributed by atoms with van der Waals surface area (Å²) in [6, 6.07) is 0. The Morgan fingerprint density at radius 3 is 1.09 bits per heavy atom. The highest BCUT2D eigenvalue weighted by molar-refractivity contribution is 7.47. The van der Waals surface area contributed by atoms with Crippen LogP contribution < -0.4 is 0 Å². The number of aliphatic hydroxyl groups is 9. The first-order valence-corrected chi connectivity index (χ1v) is 49.7. The van der Waals surface area contributed by atoms with E-state index in [1.165, 1.54) is 186 Å². The molecular weight excluding hydrogens is 1550 g/mol. The predicted octanol–water partition coefficient (Wildman–Crippen LogP) is 18.0. The standard InChI is InChI=1S/C93H173O25P/c1-7-11-15-19-23-25-27-29-30-32-33-35-37-47-55-63-76(95)109-68-73(112-78(97)65-57-50-42-40-46-54-62-72(6)60-52-44-22-18-14-10-4)69-111-119(107,108)118-91-89(116-92-86(105)82(101)80(99)74(67-94)113-92)85(104)84(103)88(115-79(98)66-58-49-38-36-34-31-28-26-24-20-16-12-8-2)90(91)117-93-87(106)83(102)81(100)75(114-93)70-110-77(96)64-56-48-41-39-45-53-61-71(5)59-51-43-21-17-13-9-3/h31,34,71-75,80-94,99-106H,7-30,32-33,35-70H2,1-6H3,(H,107,108)/b34-31-. The maximum absolute atomic E-state index is 14.9. The summed E-state index contributed by atoms with van der Waals surface area (Å²) in [5.41, 5.74) is 0. The molecule has 2 saturated heterocycles. The van der Waals surface area contributed by atoms with Gasteiger partial charge in [-0.1, -0.05) is 349 Å². The Hall–Kier alpha value is -2.79. The van der Waals surface area contributed by atoms with Crippen LogP contribution in [0.3, 0.4) is 0 Å².